The van der Waals surface area contributed by atoms with E-state index in [1.165, 1.54) is 5.52 Å². The van der Waals surface area contributed by atoms with Crippen molar-refractivity contribution in [1.82, 2.24) is 9.55 Å². The van der Waals surface area contributed by atoms with Crippen LogP contribution in [0.1, 0.15) is 16.2 Å². The summed E-state index contributed by atoms with van der Waals surface area (Å²) in [7, 11) is 0. The van der Waals surface area contributed by atoms with Gasteiger partial charge in [-0.15, -0.1) is 0 Å². The van der Waals surface area contributed by atoms with E-state index in [-0.39, 0.29) is 5.91 Å². The highest BCUT2D eigenvalue weighted by Crippen LogP contribution is 2.26. The molecule has 0 aliphatic carbocycles. The molecule has 1 aromatic heterocycles. The highest BCUT2D eigenvalue weighted by molar-refractivity contribution is 9.10. The molecule has 0 radical (unpaired) electrons. The van der Waals surface area contributed by atoms with Crippen LogP contribution in [0.25, 0.3) is 11.0 Å². The van der Waals surface area contributed by atoms with Crippen molar-refractivity contribution in [2.45, 2.75) is 13.1 Å². The van der Waals surface area contributed by atoms with Crippen LogP contribution >= 0.6 is 15.9 Å². The second-order valence-electron chi connectivity index (χ2n) is 7.10. The Morgan fingerprint density at radius 2 is 1.83 bits per heavy atom. The normalized spacial score (nSPS) is 13.3. The van der Waals surface area contributed by atoms with Crippen molar-refractivity contribution in [1.29, 1.82) is 0 Å². The van der Waals surface area contributed by atoms with E-state index in [4.69, 9.17) is 4.98 Å². The molecule has 1 aliphatic rings. The fraction of sp³-hybridized carbons (Fsp3) is 0.130. The molecule has 6 heteroatoms. The van der Waals surface area contributed by atoms with Crippen LogP contribution in [0.4, 0.5) is 11.4 Å². The van der Waals surface area contributed by atoms with Gasteiger partial charge in [0.25, 0.3) is 5.91 Å². The van der Waals surface area contributed by atoms with Crippen LogP contribution in [0, 0.1) is 0 Å². The van der Waals surface area contributed by atoms with Crippen molar-refractivity contribution in [2.24, 2.45) is 0 Å². The summed E-state index contributed by atoms with van der Waals surface area (Å²) < 4.78 is 3.18. The van der Waals surface area contributed by atoms with E-state index in [1.807, 2.05) is 42.5 Å². The molecule has 0 atom stereocenters. The minimum atomic E-state index is -0.121. The van der Waals surface area contributed by atoms with Gasteiger partial charge in [-0.1, -0.05) is 40.2 Å². The predicted molar refractivity (Wildman–Crippen MR) is 119 cm³/mol. The average molecular weight is 447 g/mol. The molecule has 0 bridgehead atoms. The van der Waals surface area contributed by atoms with Crippen LogP contribution in [-0.4, -0.2) is 22.0 Å². The number of carbonyl (C=O) groups is 1. The molecule has 4 aromatic rings. The van der Waals surface area contributed by atoms with Gasteiger partial charge < -0.3 is 14.8 Å². The molecule has 0 saturated heterocycles. The van der Waals surface area contributed by atoms with E-state index in [9.17, 15) is 4.79 Å². The average Bonchev–Trinajstić information content (AvgIpc) is 3.12. The summed E-state index contributed by atoms with van der Waals surface area (Å²) >= 11 is 3.41. The third kappa shape index (κ3) is 3.51. The van der Waals surface area contributed by atoms with E-state index in [0.29, 0.717) is 5.56 Å². The lowest BCUT2D eigenvalue weighted by atomic mass is 10.2. The molecule has 0 fully saturated rings. The number of hydrogen-bond donors (Lipinski definition) is 1. The number of hydrogen-bond acceptors (Lipinski definition) is 3. The molecule has 2 heterocycles. The van der Waals surface area contributed by atoms with Gasteiger partial charge in [0, 0.05) is 34.5 Å². The SMILES string of the molecule is O=C(Nc1cccc(N2CCn3c(nc4ccccc43)C2)c1)c1cccc(Br)c1. The van der Waals surface area contributed by atoms with Gasteiger partial charge in [0.2, 0.25) is 0 Å². The Balaban J connectivity index is 1.37. The summed E-state index contributed by atoms with van der Waals surface area (Å²) in [5, 5.41) is 3.00. The molecule has 1 aliphatic heterocycles. The van der Waals surface area contributed by atoms with E-state index in [1.54, 1.807) is 6.07 Å². The molecule has 5 nitrogen and oxygen atoms in total. The highest BCUT2D eigenvalue weighted by atomic mass is 79.9. The lowest BCUT2D eigenvalue weighted by Crippen LogP contribution is -2.33. The Hall–Kier alpha value is -3.12. The summed E-state index contributed by atoms with van der Waals surface area (Å²) in [4.78, 5) is 19.7. The number of halogens is 1. The zero-order valence-corrected chi connectivity index (χ0v) is 17.3. The van der Waals surface area contributed by atoms with Gasteiger partial charge in [0.1, 0.15) is 5.82 Å². The number of amides is 1. The van der Waals surface area contributed by atoms with Crippen LogP contribution < -0.4 is 10.2 Å². The zero-order valence-electron chi connectivity index (χ0n) is 15.7. The van der Waals surface area contributed by atoms with E-state index in [0.717, 1.165) is 46.8 Å². The van der Waals surface area contributed by atoms with Crippen LogP contribution in [0.15, 0.2) is 77.3 Å². The van der Waals surface area contributed by atoms with Gasteiger partial charge in [-0.05, 0) is 48.5 Å². The largest absolute Gasteiger partial charge is 0.362 e. The first kappa shape index (κ1) is 17.9. The molecular weight excluding hydrogens is 428 g/mol. The van der Waals surface area contributed by atoms with Gasteiger partial charge in [-0.2, -0.15) is 0 Å². The molecular formula is C23H19BrN4O. The molecule has 0 unspecified atom stereocenters. The van der Waals surface area contributed by atoms with Crippen molar-refractivity contribution in [3.05, 3.63) is 88.7 Å². The van der Waals surface area contributed by atoms with Crippen LogP contribution in [0.2, 0.25) is 0 Å². The first-order chi connectivity index (χ1) is 14.2. The number of para-hydroxylation sites is 2. The third-order valence-corrected chi connectivity index (χ3v) is 5.71. The summed E-state index contributed by atoms with van der Waals surface area (Å²) in [6, 6.07) is 23.6. The molecule has 3 aromatic carbocycles. The van der Waals surface area contributed by atoms with E-state index < -0.39 is 0 Å². The van der Waals surface area contributed by atoms with Gasteiger partial charge in [0.15, 0.2) is 0 Å². The smallest absolute Gasteiger partial charge is 0.255 e. The first-order valence-electron chi connectivity index (χ1n) is 9.53. The Labute approximate surface area is 177 Å². The molecule has 29 heavy (non-hydrogen) atoms. The topological polar surface area (TPSA) is 50.2 Å². The van der Waals surface area contributed by atoms with Gasteiger partial charge >= 0.3 is 0 Å². The third-order valence-electron chi connectivity index (χ3n) is 5.22. The lowest BCUT2D eigenvalue weighted by Gasteiger charge is -2.30. The van der Waals surface area contributed by atoms with Crippen molar-refractivity contribution < 1.29 is 4.79 Å². The minimum absolute atomic E-state index is 0.121. The van der Waals surface area contributed by atoms with Crippen molar-refractivity contribution in [3.8, 4) is 0 Å². The van der Waals surface area contributed by atoms with Gasteiger partial charge in [-0.25, -0.2) is 4.98 Å². The fourth-order valence-corrected chi connectivity index (χ4v) is 4.20. The maximum Gasteiger partial charge on any atom is 0.255 e. The Kier molecular flexibility index (Phi) is 4.56. The van der Waals surface area contributed by atoms with Crippen LogP contribution in [0.3, 0.4) is 0 Å². The minimum Gasteiger partial charge on any atom is -0.362 e. The molecule has 0 spiro atoms. The highest BCUT2D eigenvalue weighted by Gasteiger charge is 2.20. The quantitative estimate of drug-likeness (QED) is 0.477. The van der Waals surface area contributed by atoms with Crippen molar-refractivity contribution in [2.75, 3.05) is 16.8 Å². The number of benzene rings is 3. The number of aromatic nitrogens is 2. The second-order valence-corrected chi connectivity index (χ2v) is 8.02. The maximum absolute atomic E-state index is 12.6. The number of nitrogens with zero attached hydrogens (tertiary/aromatic N) is 3. The Morgan fingerprint density at radius 1 is 0.966 bits per heavy atom. The molecule has 144 valence electrons. The number of anilines is 2. The predicted octanol–water partition coefficient (Wildman–Crippen LogP) is 5.07. The monoisotopic (exact) mass is 446 g/mol. The summed E-state index contributed by atoms with van der Waals surface area (Å²) in [6.45, 7) is 2.54. The molecule has 5 rings (SSSR count). The maximum atomic E-state index is 12.6. The zero-order chi connectivity index (χ0) is 19.8. The molecule has 0 saturated carbocycles. The van der Waals surface area contributed by atoms with Gasteiger partial charge in [0.05, 0.1) is 17.6 Å². The lowest BCUT2D eigenvalue weighted by molar-refractivity contribution is 0.102. The standard InChI is InChI=1S/C23H19BrN4O/c24-17-6-3-5-16(13-17)23(29)25-18-7-4-8-19(14-18)27-11-12-28-21-10-2-1-9-20(21)26-22(28)15-27/h1-10,13-14H,11-12,15H2,(H,25,29). The Morgan fingerprint density at radius 3 is 2.72 bits per heavy atom. The number of rotatable bonds is 3. The summed E-state index contributed by atoms with van der Waals surface area (Å²) in [6.07, 6.45) is 0. The van der Waals surface area contributed by atoms with E-state index in [2.05, 4.69) is 55.0 Å². The molecule has 1 amide bonds. The number of nitrogens with one attached hydrogen (secondary N) is 1. The fourth-order valence-electron chi connectivity index (χ4n) is 3.80. The van der Waals surface area contributed by atoms with Gasteiger partial charge in [-0.3, -0.25) is 4.79 Å². The van der Waals surface area contributed by atoms with Crippen molar-refractivity contribution in [3.63, 3.8) is 0 Å². The van der Waals surface area contributed by atoms with Crippen molar-refractivity contribution >= 4 is 44.2 Å². The summed E-state index contributed by atoms with van der Waals surface area (Å²) in [5.74, 6) is 0.949. The Bertz CT molecular complexity index is 1220. The first-order valence-corrected chi connectivity index (χ1v) is 10.3. The molecule has 1 N–H and O–H groups in total. The summed E-state index contributed by atoms with van der Waals surface area (Å²) in [5.41, 5.74) is 4.72. The second kappa shape index (κ2) is 7.37. The van der Waals surface area contributed by atoms with Crippen LogP contribution in [0.5, 0.6) is 0 Å². The van der Waals surface area contributed by atoms with E-state index >= 15 is 0 Å². The number of fused-ring (bicyclic) bond motifs is 3. The number of imidazole rings is 1. The van der Waals surface area contributed by atoms with Crippen LogP contribution in [-0.2, 0) is 13.1 Å². The number of carbonyl (C=O) groups excluding carboxylic acids is 1.